The Bertz CT molecular complexity index is 915. The minimum absolute atomic E-state index is 0.0114. The lowest BCUT2D eigenvalue weighted by atomic mass is 10.2. The highest BCUT2D eigenvalue weighted by molar-refractivity contribution is 9.10. The zero-order valence-corrected chi connectivity index (χ0v) is 14.7. The fourth-order valence-corrected chi connectivity index (χ4v) is 2.48. The quantitative estimate of drug-likeness (QED) is 0.705. The Kier molecular flexibility index (Phi) is 5.03. The number of rotatable bonds is 5. The van der Waals surface area contributed by atoms with Crippen molar-refractivity contribution in [3.05, 3.63) is 52.8 Å². The largest absolute Gasteiger partial charge is 0.481 e. The zero-order chi connectivity index (χ0) is 17.8. The number of anilines is 1. The summed E-state index contributed by atoms with van der Waals surface area (Å²) in [6, 6.07) is 11.4. The SMILES string of the molecule is Cn1nnnc1-c1cccc(NC(=O)COc2ccc(Br)cc2F)c1. The maximum Gasteiger partial charge on any atom is 0.262 e. The standard InChI is InChI=1S/C16H13BrFN5O2/c1-23-16(20-21-22-23)10-3-2-4-12(7-10)19-15(24)9-25-14-6-5-11(17)8-13(14)18/h2-8H,9H2,1H3,(H,19,24). The van der Waals surface area contributed by atoms with Crippen molar-refractivity contribution in [1.29, 1.82) is 0 Å². The molecule has 7 nitrogen and oxygen atoms in total. The molecule has 3 aromatic rings. The van der Waals surface area contributed by atoms with Crippen LogP contribution in [0, 0.1) is 5.82 Å². The van der Waals surface area contributed by atoms with Crippen molar-refractivity contribution in [2.45, 2.75) is 0 Å². The maximum absolute atomic E-state index is 13.7. The number of ether oxygens (including phenoxy) is 1. The first-order valence-electron chi connectivity index (χ1n) is 7.23. The topological polar surface area (TPSA) is 81.9 Å². The van der Waals surface area contributed by atoms with Gasteiger partial charge in [-0.1, -0.05) is 28.1 Å². The lowest BCUT2D eigenvalue weighted by Crippen LogP contribution is -2.20. The van der Waals surface area contributed by atoms with Gasteiger partial charge in [0.1, 0.15) is 0 Å². The molecule has 0 aliphatic carbocycles. The van der Waals surface area contributed by atoms with E-state index in [1.807, 2.05) is 6.07 Å². The number of carbonyl (C=O) groups is 1. The molecule has 0 bridgehead atoms. The predicted octanol–water partition coefficient (Wildman–Crippen LogP) is 2.80. The molecule has 25 heavy (non-hydrogen) atoms. The van der Waals surface area contributed by atoms with Crippen LogP contribution in [0.3, 0.4) is 0 Å². The van der Waals surface area contributed by atoms with Crippen LogP contribution in [0.2, 0.25) is 0 Å². The van der Waals surface area contributed by atoms with Crippen LogP contribution >= 0.6 is 15.9 Å². The lowest BCUT2D eigenvalue weighted by molar-refractivity contribution is -0.118. The van der Waals surface area contributed by atoms with E-state index in [0.717, 1.165) is 5.56 Å². The van der Waals surface area contributed by atoms with E-state index in [-0.39, 0.29) is 12.4 Å². The third-order valence-corrected chi connectivity index (χ3v) is 3.77. The summed E-state index contributed by atoms with van der Waals surface area (Å²) in [6.07, 6.45) is 0. The second-order valence-electron chi connectivity index (χ2n) is 5.12. The van der Waals surface area contributed by atoms with Gasteiger partial charge in [0.2, 0.25) is 0 Å². The molecule has 0 saturated carbocycles. The van der Waals surface area contributed by atoms with E-state index in [1.165, 1.54) is 16.8 Å². The van der Waals surface area contributed by atoms with Gasteiger partial charge >= 0.3 is 0 Å². The Morgan fingerprint density at radius 2 is 2.16 bits per heavy atom. The van der Waals surface area contributed by atoms with Crippen molar-refractivity contribution in [2.75, 3.05) is 11.9 Å². The monoisotopic (exact) mass is 405 g/mol. The molecule has 9 heteroatoms. The van der Waals surface area contributed by atoms with Crippen LogP contribution < -0.4 is 10.1 Å². The first kappa shape index (κ1) is 17.0. The van der Waals surface area contributed by atoms with Gasteiger partial charge in [0.25, 0.3) is 5.91 Å². The van der Waals surface area contributed by atoms with Crippen LogP contribution in [0.15, 0.2) is 46.9 Å². The van der Waals surface area contributed by atoms with Crippen molar-refractivity contribution in [1.82, 2.24) is 20.2 Å². The molecule has 0 spiro atoms. The Hall–Kier alpha value is -2.81. The summed E-state index contributed by atoms with van der Waals surface area (Å²) in [5.41, 5.74) is 1.32. The molecule has 2 aromatic carbocycles. The number of aryl methyl sites for hydroxylation is 1. The number of nitrogens with zero attached hydrogens (tertiary/aromatic N) is 4. The molecule has 0 atom stereocenters. The van der Waals surface area contributed by atoms with Gasteiger partial charge < -0.3 is 10.1 Å². The highest BCUT2D eigenvalue weighted by Crippen LogP contribution is 2.22. The molecule has 0 aliphatic heterocycles. The Labute approximate surface area is 150 Å². The van der Waals surface area contributed by atoms with Crippen molar-refractivity contribution in [3.8, 4) is 17.1 Å². The first-order chi connectivity index (χ1) is 12.0. The average molecular weight is 406 g/mol. The second kappa shape index (κ2) is 7.39. The van der Waals surface area contributed by atoms with Crippen LogP contribution in [-0.4, -0.2) is 32.7 Å². The van der Waals surface area contributed by atoms with Gasteiger partial charge in [-0.2, -0.15) is 0 Å². The lowest BCUT2D eigenvalue weighted by Gasteiger charge is -2.09. The predicted molar refractivity (Wildman–Crippen MR) is 92.5 cm³/mol. The number of hydrogen-bond donors (Lipinski definition) is 1. The van der Waals surface area contributed by atoms with E-state index in [9.17, 15) is 9.18 Å². The molecule has 1 N–H and O–H groups in total. The Balaban J connectivity index is 1.64. The van der Waals surface area contributed by atoms with Gasteiger partial charge in [-0.3, -0.25) is 4.79 Å². The van der Waals surface area contributed by atoms with Crippen molar-refractivity contribution in [3.63, 3.8) is 0 Å². The van der Waals surface area contributed by atoms with Crippen LogP contribution in [0.1, 0.15) is 0 Å². The molecule has 1 amide bonds. The smallest absolute Gasteiger partial charge is 0.262 e. The summed E-state index contributed by atoms with van der Waals surface area (Å²) in [6.45, 7) is -0.311. The number of tetrazole rings is 1. The summed E-state index contributed by atoms with van der Waals surface area (Å²) in [4.78, 5) is 12.0. The van der Waals surface area contributed by atoms with Gasteiger partial charge in [0.05, 0.1) is 0 Å². The fourth-order valence-electron chi connectivity index (χ4n) is 2.14. The number of amides is 1. The van der Waals surface area contributed by atoms with Gasteiger partial charge in [0.15, 0.2) is 24.0 Å². The van der Waals surface area contributed by atoms with Crippen molar-refractivity contribution < 1.29 is 13.9 Å². The Morgan fingerprint density at radius 1 is 1.32 bits per heavy atom. The third-order valence-electron chi connectivity index (χ3n) is 3.28. The molecular formula is C16H13BrFN5O2. The molecule has 0 fully saturated rings. The minimum Gasteiger partial charge on any atom is -0.481 e. The minimum atomic E-state index is -0.543. The maximum atomic E-state index is 13.7. The van der Waals surface area contributed by atoms with Crippen molar-refractivity contribution >= 4 is 27.5 Å². The molecule has 3 rings (SSSR count). The molecule has 0 saturated heterocycles. The van der Waals surface area contributed by atoms with E-state index in [1.54, 1.807) is 31.3 Å². The van der Waals surface area contributed by atoms with Gasteiger partial charge in [-0.15, -0.1) is 5.10 Å². The van der Waals surface area contributed by atoms with Gasteiger partial charge in [-0.25, -0.2) is 9.07 Å². The van der Waals surface area contributed by atoms with Gasteiger partial charge in [0, 0.05) is 22.8 Å². The third kappa shape index (κ3) is 4.18. The van der Waals surface area contributed by atoms with Crippen molar-refractivity contribution in [2.24, 2.45) is 7.05 Å². The molecule has 0 unspecified atom stereocenters. The normalized spacial score (nSPS) is 10.5. The number of halogens is 2. The molecule has 0 aliphatic rings. The van der Waals surface area contributed by atoms with E-state index in [4.69, 9.17) is 4.74 Å². The first-order valence-corrected chi connectivity index (χ1v) is 8.03. The van der Waals surface area contributed by atoms with E-state index >= 15 is 0 Å². The number of nitrogens with one attached hydrogen (secondary N) is 1. The molecule has 1 aromatic heterocycles. The second-order valence-corrected chi connectivity index (χ2v) is 6.03. The number of aromatic nitrogens is 4. The fraction of sp³-hybridized carbons (Fsp3) is 0.125. The molecule has 128 valence electrons. The summed E-state index contributed by atoms with van der Waals surface area (Å²) in [5, 5.41) is 14.0. The zero-order valence-electron chi connectivity index (χ0n) is 13.1. The summed E-state index contributed by atoms with van der Waals surface area (Å²) >= 11 is 3.16. The molecule has 0 radical (unpaired) electrons. The average Bonchev–Trinajstić information content (AvgIpc) is 3.00. The van der Waals surface area contributed by atoms with Crippen LogP contribution in [-0.2, 0) is 11.8 Å². The van der Waals surface area contributed by atoms with E-state index < -0.39 is 11.7 Å². The molecule has 1 heterocycles. The highest BCUT2D eigenvalue weighted by Gasteiger charge is 2.10. The summed E-state index contributed by atoms with van der Waals surface area (Å²) in [5.74, 6) is -0.365. The number of carbonyl (C=O) groups excluding carboxylic acids is 1. The van der Waals surface area contributed by atoms with Crippen LogP contribution in [0.4, 0.5) is 10.1 Å². The number of benzene rings is 2. The number of hydrogen-bond acceptors (Lipinski definition) is 5. The van der Waals surface area contributed by atoms with Crippen LogP contribution in [0.25, 0.3) is 11.4 Å². The van der Waals surface area contributed by atoms with Crippen LogP contribution in [0.5, 0.6) is 5.75 Å². The van der Waals surface area contributed by atoms with E-state index in [0.29, 0.717) is 16.0 Å². The highest BCUT2D eigenvalue weighted by atomic mass is 79.9. The van der Waals surface area contributed by atoms with E-state index in [2.05, 4.69) is 36.8 Å². The van der Waals surface area contributed by atoms with Gasteiger partial charge in [-0.05, 0) is 40.8 Å². The molecular weight excluding hydrogens is 393 g/mol. The Morgan fingerprint density at radius 3 is 2.88 bits per heavy atom. The summed E-state index contributed by atoms with van der Waals surface area (Å²) in [7, 11) is 1.72. The summed E-state index contributed by atoms with van der Waals surface area (Å²) < 4.78 is 21.0.